The van der Waals surface area contributed by atoms with Gasteiger partial charge in [-0.2, -0.15) is 0 Å². The Kier molecular flexibility index (Phi) is 3.86. The molecule has 3 nitrogen and oxygen atoms in total. The van der Waals surface area contributed by atoms with E-state index in [2.05, 4.69) is 11.9 Å². The van der Waals surface area contributed by atoms with Gasteiger partial charge in [-0.15, -0.1) is 0 Å². The molecule has 0 spiro atoms. The molecule has 1 aromatic heterocycles. The van der Waals surface area contributed by atoms with E-state index < -0.39 is 0 Å². The lowest BCUT2D eigenvalue weighted by molar-refractivity contribution is -0.145. The Morgan fingerprint density at radius 3 is 2.65 bits per heavy atom. The number of ether oxygens (including phenoxy) is 1. The fraction of sp³-hybridized carbons (Fsp3) is 0.706. The highest BCUT2D eigenvalue weighted by atomic mass is 16.5. The van der Waals surface area contributed by atoms with Crippen molar-refractivity contribution in [3.05, 3.63) is 22.5 Å². The summed E-state index contributed by atoms with van der Waals surface area (Å²) in [7, 11) is 1.49. The number of carbonyl (C=O) groups excluding carboxylic acids is 1. The van der Waals surface area contributed by atoms with Crippen molar-refractivity contribution in [2.75, 3.05) is 7.11 Å². The third kappa shape index (κ3) is 2.38. The molecule has 110 valence electrons. The van der Waals surface area contributed by atoms with E-state index in [4.69, 9.17) is 4.74 Å². The second-order valence-electron chi connectivity index (χ2n) is 6.42. The highest BCUT2D eigenvalue weighted by Crippen LogP contribution is 2.40. The number of aryl methyl sites for hydroxylation is 1. The van der Waals surface area contributed by atoms with E-state index in [0.29, 0.717) is 0 Å². The maximum absolute atomic E-state index is 11.7. The standard InChI is InChI=1S/C17H25NO2/c1-11-16(12-6-4-3-5-7-12)14-9-8-13(17(19)20-2)10-15(14)18-11/h12-13,18H,3-10H2,1-2H3. The summed E-state index contributed by atoms with van der Waals surface area (Å²) in [6.45, 7) is 2.20. The molecule has 0 bridgehead atoms. The lowest BCUT2D eigenvalue weighted by Gasteiger charge is -2.26. The first-order valence-electron chi connectivity index (χ1n) is 7.98. The van der Waals surface area contributed by atoms with E-state index in [1.165, 1.54) is 56.2 Å². The molecule has 1 fully saturated rings. The van der Waals surface area contributed by atoms with E-state index in [-0.39, 0.29) is 11.9 Å². The van der Waals surface area contributed by atoms with Gasteiger partial charge in [-0.05, 0) is 49.7 Å². The van der Waals surface area contributed by atoms with Gasteiger partial charge in [0, 0.05) is 17.8 Å². The van der Waals surface area contributed by atoms with Crippen LogP contribution in [0.2, 0.25) is 0 Å². The van der Waals surface area contributed by atoms with Crippen molar-refractivity contribution in [1.82, 2.24) is 4.98 Å². The minimum absolute atomic E-state index is 0.0461. The van der Waals surface area contributed by atoms with Crippen LogP contribution in [0.5, 0.6) is 0 Å². The molecular weight excluding hydrogens is 250 g/mol. The Balaban J connectivity index is 1.85. The molecule has 0 radical (unpaired) electrons. The normalized spacial score (nSPS) is 23.4. The summed E-state index contributed by atoms with van der Waals surface area (Å²) < 4.78 is 4.91. The number of methoxy groups -OCH3 is 1. The lowest BCUT2D eigenvalue weighted by atomic mass is 9.78. The smallest absolute Gasteiger partial charge is 0.309 e. The van der Waals surface area contributed by atoms with Crippen molar-refractivity contribution in [2.45, 2.75) is 64.2 Å². The molecule has 1 saturated carbocycles. The predicted octanol–water partition coefficient (Wildman–Crippen LogP) is 3.65. The average molecular weight is 275 g/mol. The van der Waals surface area contributed by atoms with E-state index >= 15 is 0 Å². The number of fused-ring (bicyclic) bond motifs is 1. The number of carbonyl (C=O) groups is 1. The van der Waals surface area contributed by atoms with Crippen molar-refractivity contribution in [1.29, 1.82) is 0 Å². The van der Waals surface area contributed by atoms with Gasteiger partial charge in [-0.3, -0.25) is 4.79 Å². The van der Waals surface area contributed by atoms with Gasteiger partial charge in [0.1, 0.15) is 0 Å². The van der Waals surface area contributed by atoms with Gasteiger partial charge in [0.25, 0.3) is 0 Å². The van der Waals surface area contributed by atoms with E-state index in [1.807, 2.05) is 0 Å². The Hall–Kier alpha value is -1.25. The third-order valence-corrected chi connectivity index (χ3v) is 5.17. The second-order valence-corrected chi connectivity index (χ2v) is 6.42. The molecular formula is C17H25NO2. The second kappa shape index (κ2) is 5.63. The van der Waals surface area contributed by atoms with Crippen molar-refractivity contribution in [3.63, 3.8) is 0 Å². The van der Waals surface area contributed by atoms with Crippen LogP contribution in [0.25, 0.3) is 0 Å². The van der Waals surface area contributed by atoms with E-state index in [0.717, 1.165) is 25.2 Å². The molecule has 0 aliphatic heterocycles. The SMILES string of the molecule is COC(=O)C1CCc2c([nH]c(C)c2C2CCCCC2)C1. The van der Waals surface area contributed by atoms with Gasteiger partial charge in [-0.25, -0.2) is 0 Å². The van der Waals surface area contributed by atoms with Gasteiger partial charge >= 0.3 is 5.97 Å². The zero-order valence-electron chi connectivity index (χ0n) is 12.6. The van der Waals surface area contributed by atoms with Crippen LogP contribution >= 0.6 is 0 Å². The molecule has 3 heteroatoms. The molecule has 1 atom stereocenters. The van der Waals surface area contributed by atoms with Gasteiger partial charge in [0.15, 0.2) is 0 Å². The Bertz CT molecular complexity index is 497. The van der Waals surface area contributed by atoms with Crippen molar-refractivity contribution in [2.24, 2.45) is 5.92 Å². The summed E-state index contributed by atoms with van der Waals surface area (Å²) in [5.74, 6) is 0.741. The molecule has 1 unspecified atom stereocenters. The number of H-pyrrole nitrogens is 1. The highest BCUT2D eigenvalue weighted by molar-refractivity contribution is 5.73. The molecule has 20 heavy (non-hydrogen) atoms. The molecule has 0 amide bonds. The number of aromatic nitrogens is 1. The fourth-order valence-corrected chi connectivity index (χ4v) is 4.20. The van der Waals surface area contributed by atoms with Crippen LogP contribution in [0.3, 0.4) is 0 Å². The zero-order valence-corrected chi connectivity index (χ0v) is 12.6. The Morgan fingerprint density at radius 1 is 1.20 bits per heavy atom. The van der Waals surface area contributed by atoms with Crippen LogP contribution in [0.4, 0.5) is 0 Å². The molecule has 2 aliphatic rings. The summed E-state index contributed by atoms with van der Waals surface area (Å²) in [4.78, 5) is 15.3. The summed E-state index contributed by atoms with van der Waals surface area (Å²) in [5, 5.41) is 0. The van der Waals surface area contributed by atoms with Crippen LogP contribution in [-0.2, 0) is 22.4 Å². The number of esters is 1. The van der Waals surface area contributed by atoms with Gasteiger partial charge in [0.05, 0.1) is 13.0 Å². The Labute approximate surface area is 121 Å². The lowest BCUT2D eigenvalue weighted by Crippen LogP contribution is -2.24. The molecule has 0 aromatic carbocycles. The summed E-state index contributed by atoms with van der Waals surface area (Å²) in [6, 6.07) is 0. The minimum Gasteiger partial charge on any atom is -0.469 e. The summed E-state index contributed by atoms with van der Waals surface area (Å²) in [6.07, 6.45) is 9.62. The minimum atomic E-state index is -0.0536. The van der Waals surface area contributed by atoms with Crippen molar-refractivity contribution in [3.8, 4) is 0 Å². The van der Waals surface area contributed by atoms with Crippen LogP contribution in [0.15, 0.2) is 0 Å². The van der Waals surface area contributed by atoms with Crippen molar-refractivity contribution >= 4 is 5.97 Å². The Morgan fingerprint density at radius 2 is 1.95 bits per heavy atom. The van der Waals surface area contributed by atoms with E-state index in [9.17, 15) is 4.79 Å². The quantitative estimate of drug-likeness (QED) is 0.837. The van der Waals surface area contributed by atoms with Gasteiger partial charge in [-0.1, -0.05) is 19.3 Å². The van der Waals surface area contributed by atoms with Crippen LogP contribution in [0.1, 0.15) is 67.0 Å². The molecule has 1 N–H and O–H groups in total. The highest BCUT2D eigenvalue weighted by Gasteiger charge is 2.31. The first-order chi connectivity index (χ1) is 9.70. The number of rotatable bonds is 2. The predicted molar refractivity (Wildman–Crippen MR) is 78.9 cm³/mol. The zero-order chi connectivity index (χ0) is 14.1. The fourth-order valence-electron chi connectivity index (χ4n) is 4.20. The van der Waals surface area contributed by atoms with Crippen LogP contribution in [-0.4, -0.2) is 18.1 Å². The number of nitrogens with one attached hydrogen (secondary N) is 1. The van der Waals surface area contributed by atoms with Crippen molar-refractivity contribution < 1.29 is 9.53 Å². The molecule has 1 heterocycles. The molecule has 0 saturated heterocycles. The van der Waals surface area contributed by atoms with E-state index in [1.54, 1.807) is 5.56 Å². The molecule has 1 aromatic rings. The van der Waals surface area contributed by atoms with Crippen LogP contribution in [0, 0.1) is 12.8 Å². The maximum atomic E-state index is 11.7. The number of hydrogen-bond donors (Lipinski definition) is 1. The van der Waals surface area contributed by atoms with Gasteiger partial charge < -0.3 is 9.72 Å². The average Bonchev–Trinajstić information content (AvgIpc) is 2.82. The number of hydrogen-bond acceptors (Lipinski definition) is 2. The molecule has 3 rings (SSSR count). The third-order valence-electron chi connectivity index (χ3n) is 5.17. The monoisotopic (exact) mass is 275 g/mol. The largest absolute Gasteiger partial charge is 0.469 e. The molecule has 2 aliphatic carbocycles. The van der Waals surface area contributed by atoms with Crippen LogP contribution < -0.4 is 0 Å². The first kappa shape index (κ1) is 13.7. The number of aromatic amines is 1. The summed E-state index contributed by atoms with van der Waals surface area (Å²) >= 11 is 0. The topological polar surface area (TPSA) is 42.1 Å². The summed E-state index contributed by atoms with van der Waals surface area (Å²) in [5.41, 5.74) is 5.75. The first-order valence-corrected chi connectivity index (χ1v) is 7.98. The van der Waals surface area contributed by atoms with Gasteiger partial charge in [0.2, 0.25) is 0 Å². The maximum Gasteiger partial charge on any atom is 0.309 e.